The molecule has 0 heterocycles. The molecular weight excluding hydrogens is 243 g/mol. The molecule has 1 aliphatic carbocycles. The zero-order valence-electron chi connectivity index (χ0n) is 9.32. The average Bonchev–Trinajstić information content (AvgIpc) is 2.90. The van der Waals surface area contributed by atoms with E-state index >= 15 is 0 Å². The maximum Gasteiger partial charge on any atom is 0.320 e. The van der Waals surface area contributed by atoms with Crippen LogP contribution in [0.3, 0.4) is 0 Å². The fourth-order valence-corrected chi connectivity index (χ4v) is 2.11. The zero-order chi connectivity index (χ0) is 12.5. The number of methoxy groups -OCH3 is 1. The number of esters is 1. The first-order valence-electron chi connectivity index (χ1n) is 5.22. The van der Waals surface area contributed by atoms with E-state index in [4.69, 9.17) is 11.6 Å². The summed E-state index contributed by atoms with van der Waals surface area (Å²) in [5.74, 6) is -0.637. The van der Waals surface area contributed by atoms with Gasteiger partial charge in [-0.3, -0.25) is 4.79 Å². The van der Waals surface area contributed by atoms with E-state index in [0.29, 0.717) is 0 Å². The first-order chi connectivity index (χ1) is 8.02. The standard InChI is InChI=1S/C13H12ClFO2/c1-17-11(16)12(9-13(12,14)15)8-7-10-5-3-2-4-6-10/h2-8H,9H2,1H3/b8-7+/t12-,13+/m0/s1. The monoisotopic (exact) mass is 254 g/mol. The van der Waals surface area contributed by atoms with Crippen molar-refractivity contribution in [2.75, 3.05) is 7.11 Å². The second-order valence-corrected chi connectivity index (χ2v) is 4.69. The van der Waals surface area contributed by atoms with E-state index in [9.17, 15) is 9.18 Å². The number of hydrogen-bond acceptors (Lipinski definition) is 2. The quantitative estimate of drug-likeness (QED) is 0.612. The van der Waals surface area contributed by atoms with Crippen LogP contribution in [0.1, 0.15) is 12.0 Å². The minimum atomic E-state index is -2.02. The molecule has 1 aliphatic rings. The Hall–Kier alpha value is -1.35. The van der Waals surface area contributed by atoms with Gasteiger partial charge in [-0.25, -0.2) is 4.39 Å². The lowest BCUT2D eigenvalue weighted by Crippen LogP contribution is -2.21. The van der Waals surface area contributed by atoms with E-state index in [1.807, 2.05) is 30.3 Å². The molecule has 4 heteroatoms. The van der Waals surface area contributed by atoms with E-state index in [0.717, 1.165) is 5.56 Å². The van der Waals surface area contributed by atoms with Gasteiger partial charge < -0.3 is 4.74 Å². The molecule has 0 saturated heterocycles. The first-order valence-corrected chi connectivity index (χ1v) is 5.60. The maximum absolute atomic E-state index is 13.7. The molecule has 0 aliphatic heterocycles. The third-order valence-corrected chi connectivity index (χ3v) is 3.41. The molecule has 0 N–H and O–H groups in total. The summed E-state index contributed by atoms with van der Waals surface area (Å²) in [5.41, 5.74) is -0.450. The third kappa shape index (κ3) is 2.07. The predicted molar refractivity (Wildman–Crippen MR) is 64.2 cm³/mol. The molecule has 2 atom stereocenters. The van der Waals surface area contributed by atoms with Gasteiger partial charge in [0.1, 0.15) is 5.41 Å². The van der Waals surface area contributed by atoms with Gasteiger partial charge in [0.25, 0.3) is 0 Å². The van der Waals surface area contributed by atoms with Gasteiger partial charge in [0.05, 0.1) is 7.11 Å². The summed E-state index contributed by atoms with van der Waals surface area (Å²) >= 11 is 5.59. The number of halogens is 2. The number of carbonyl (C=O) groups excluding carboxylic acids is 1. The first kappa shape index (κ1) is 12.1. The lowest BCUT2D eigenvalue weighted by atomic mass is 10.0. The molecule has 0 aromatic heterocycles. The normalized spacial score (nSPS) is 31.5. The number of ether oxygens (including phenoxy) is 1. The van der Waals surface area contributed by atoms with E-state index in [1.54, 1.807) is 6.08 Å². The molecule has 2 rings (SSSR count). The van der Waals surface area contributed by atoms with Crippen molar-refractivity contribution in [1.29, 1.82) is 0 Å². The Morgan fingerprint density at radius 3 is 2.53 bits per heavy atom. The second-order valence-electron chi connectivity index (χ2n) is 4.09. The topological polar surface area (TPSA) is 26.3 Å². The van der Waals surface area contributed by atoms with Gasteiger partial charge >= 0.3 is 5.97 Å². The molecule has 0 radical (unpaired) electrons. The van der Waals surface area contributed by atoms with Crippen LogP contribution >= 0.6 is 11.6 Å². The van der Waals surface area contributed by atoms with Gasteiger partial charge in [-0.15, -0.1) is 0 Å². The number of hydrogen-bond donors (Lipinski definition) is 0. The summed E-state index contributed by atoms with van der Waals surface area (Å²) < 4.78 is 18.3. The van der Waals surface area contributed by atoms with E-state index in [1.165, 1.54) is 13.2 Å². The second kappa shape index (κ2) is 4.15. The summed E-state index contributed by atoms with van der Waals surface area (Å²) in [6.45, 7) is 0. The largest absolute Gasteiger partial charge is 0.468 e. The highest BCUT2D eigenvalue weighted by Gasteiger charge is 2.73. The van der Waals surface area contributed by atoms with Gasteiger partial charge in [-0.05, 0) is 5.56 Å². The molecule has 0 amide bonds. The SMILES string of the molecule is COC(=O)[C@]1(/C=C/c2ccccc2)C[C@]1(F)Cl. The molecule has 90 valence electrons. The van der Waals surface area contributed by atoms with Gasteiger partial charge in [-0.2, -0.15) is 0 Å². The number of alkyl halides is 2. The number of benzene rings is 1. The summed E-state index contributed by atoms with van der Waals surface area (Å²) in [4.78, 5) is 11.5. The summed E-state index contributed by atoms with van der Waals surface area (Å²) in [7, 11) is 1.23. The Morgan fingerprint density at radius 2 is 2.06 bits per heavy atom. The maximum atomic E-state index is 13.7. The molecule has 1 aromatic carbocycles. The van der Waals surface area contributed by atoms with Crippen LogP contribution in [0.25, 0.3) is 6.08 Å². The predicted octanol–water partition coefficient (Wildman–Crippen LogP) is 3.17. The van der Waals surface area contributed by atoms with Crippen molar-refractivity contribution in [3.05, 3.63) is 42.0 Å². The van der Waals surface area contributed by atoms with Gasteiger partial charge in [-0.1, -0.05) is 54.1 Å². The van der Waals surface area contributed by atoms with Crippen molar-refractivity contribution in [2.45, 2.75) is 11.5 Å². The van der Waals surface area contributed by atoms with Crippen molar-refractivity contribution >= 4 is 23.6 Å². The molecular formula is C13H12ClFO2. The van der Waals surface area contributed by atoms with Crippen LogP contribution in [0.2, 0.25) is 0 Å². The van der Waals surface area contributed by atoms with Gasteiger partial charge in [0.2, 0.25) is 5.13 Å². The van der Waals surface area contributed by atoms with Crippen molar-refractivity contribution < 1.29 is 13.9 Å². The van der Waals surface area contributed by atoms with E-state index in [2.05, 4.69) is 4.74 Å². The lowest BCUT2D eigenvalue weighted by Gasteiger charge is -2.09. The molecule has 1 fully saturated rings. The number of carbonyl (C=O) groups is 1. The summed E-state index contributed by atoms with van der Waals surface area (Å²) in [6, 6.07) is 9.32. The Labute approximate surface area is 104 Å². The van der Waals surface area contributed by atoms with Crippen molar-refractivity contribution in [3.8, 4) is 0 Å². The summed E-state index contributed by atoms with van der Waals surface area (Å²) in [5, 5.41) is -2.02. The third-order valence-electron chi connectivity index (χ3n) is 2.94. The van der Waals surface area contributed by atoms with Crippen LogP contribution in [0.5, 0.6) is 0 Å². The molecule has 0 bridgehead atoms. The molecule has 17 heavy (non-hydrogen) atoms. The fourth-order valence-electron chi connectivity index (χ4n) is 1.76. The van der Waals surface area contributed by atoms with Crippen LogP contribution in [0, 0.1) is 5.41 Å². The summed E-state index contributed by atoms with van der Waals surface area (Å²) in [6.07, 6.45) is 3.12. The number of rotatable bonds is 3. The molecule has 1 aromatic rings. The zero-order valence-corrected chi connectivity index (χ0v) is 10.1. The van der Waals surface area contributed by atoms with Gasteiger partial charge in [0.15, 0.2) is 0 Å². The molecule has 0 spiro atoms. The van der Waals surface area contributed by atoms with Crippen LogP contribution in [0.4, 0.5) is 4.39 Å². The Balaban J connectivity index is 2.22. The van der Waals surface area contributed by atoms with Crippen molar-refractivity contribution in [3.63, 3.8) is 0 Å². The van der Waals surface area contributed by atoms with Gasteiger partial charge in [0, 0.05) is 6.42 Å². The minimum absolute atomic E-state index is 0.0441. The van der Waals surface area contributed by atoms with E-state index in [-0.39, 0.29) is 6.42 Å². The van der Waals surface area contributed by atoms with E-state index < -0.39 is 16.5 Å². The molecule has 1 saturated carbocycles. The van der Waals surface area contributed by atoms with Crippen LogP contribution < -0.4 is 0 Å². The highest BCUT2D eigenvalue weighted by Crippen LogP contribution is 2.64. The molecule has 2 nitrogen and oxygen atoms in total. The Kier molecular flexibility index (Phi) is 2.96. The smallest absolute Gasteiger partial charge is 0.320 e. The lowest BCUT2D eigenvalue weighted by molar-refractivity contribution is -0.146. The van der Waals surface area contributed by atoms with Crippen LogP contribution in [-0.2, 0) is 9.53 Å². The average molecular weight is 255 g/mol. The fraction of sp³-hybridized carbons (Fsp3) is 0.308. The van der Waals surface area contributed by atoms with Crippen LogP contribution in [0.15, 0.2) is 36.4 Å². The van der Waals surface area contributed by atoms with Crippen molar-refractivity contribution in [1.82, 2.24) is 0 Å². The Bertz CT molecular complexity index is 456. The van der Waals surface area contributed by atoms with Crippen molar-refractivity contribution in [2.24, 2.45) is 5.41 Å². The highest BCUT2D eigenvalue weighted by atomic mass is 35.5. The highest BCUT2D eigenvalue weighted by molar-refractivity contribution is 6.28. The van der Waals surface area contributed by atoms with Crippen LogP contribution in [-0.4, -0.2) is 18.2 Å². The molecule has 0 unspecified atom stereocenters. The minimum Gasteiger partial charge on any atom is -0.468 e. The Morgan fingerprint density at radius 1 is 1.47 bits per heavy atom.